The number of ether oxygens (including phenoxy) is 1. The zero-order valence-electron chi connectivity index (χ0n) is 14.4. The van der Waals surface area contributed by atoms with Crippen LogP contribution >= 0.6 is 0 Å². The van der Waals surface area contributed by atoms with Crippen LogP contribution in [0.1, 0.15) is 18.7 Å². The van der Waals surface area contributed by atoms with Crippen molar-refractivity contribution in [1.29, 1.82) is 5.26 Å². The van der Waals surface area contributed by atoms with Gasteiger partial charge in [-0.05, 0) is 19.1 Å². The van der Waals surface area contributed by atoms with Crippen molar-refractivity contribution in [3.8, 4) is 17.3 Å². The average Bonchev–Trinajstić information content (AvgIpc) is 3.20. The fraction of sp³-hybridized carbons (Fsp3) is 0.333. The van der Waals surface area contributed by atoms with Crippen molar-refractivity contribution in [2.24, 2.45) is 0 Å². The normalized spacial score (nSPS) is 27.7. The minimum atomic E-state index is -1.65. The maximum Gasteiger partial charge on any atom is 0.168 e. The standard InChI is InChI=1S/C18H17N5O4/c1-18(26)15(25)12(7-24)27-17(18)23-9-22-14-13(20-8-21-16(14)23)11-4-2-3-10(5-11)6-19/h2-5,8-9,12,15,17,24-26H,7H2,1H3/t12?,15?,17?,18-/m1/s1. The topological polar surface area (TPSA) is 137 Å². The van der Waals surface area contributed by atoms with Crippen LogP contribution in [0.15, 0.2) is 36.9 Å². The van der Waals surface area contributed by atoms with Crippen molar-refractivity contribution in [2.45, 2.75) is 31.0 Å². The quantitative estimate of drug-likeness (QED) is 0.604. The number of rotatable bonds is 3. The number of aliphatic hydroxyl groups excluding tert-OH is 2. The molecule has 3 aromatic rings. The Balaban J connectivity index is 1.83. The van der Waals surface area contributed by atoms with Crippen molar-refractivity contribution in [3.63, 3.8) is 0 Å². The van der Waals surface area contributed by atoms with Gasteiger partial charge in [0.2, 0.25) is 0 Å². The van der Waals surface area contributed by atoms with Gasteiger partial charge in [0.1, 0.15) is 35.3 Å². The second-order valence-electron chi connectivity index (χ2n) is 6.62. The number of hydrogen-bond donors (Lipinski definition) is 3. The summed E-state index contributed by atoms with van der Waals surface area (Å²) in [5, 5.41) is 39.4. The summed E-state index contributed by atoms with van der Waals surface area (Å²) in [6.07, 6.45) is -0.362. The number of benzene rings is 1. The molecule has 3 unspecified atom stereocenters. The molecule has 9 heteroatoms. The smallest absolute Gasteiger partial charge is 0.168 e. The van der Waals surface area contributed by atoms with Crippen molar-refractivity contribution in [2.75, 3.05) is 6.61 Å². The monoisotopic (exact) mass is 367 g/mol. The van der Waals surface area contributed by atoms with Crippen LogP contribution in [0.5, 0.6) is 0 Å². The molecule has 0 radical (unpaired) electrons. The van der Waals surface area contributed by atoms with Gasteiger partial charge in [0.05, 0.1) is 24.6 Å². The Kier molecular flexibility index (Phi) is 4.13. The summed E-state index contributed by atoms with van der Waals surface area (Å²) in [6.45, 7) is 1.00. The van der Waals surface area contributed by atoms with Crippen molar-refractivity contribution < 1.29 is 20.1 Å². The molecule has 0 amide bonds. The summed E-state index contributed by atoms with van der Waals surface area (Å²) in [7, 11) is 0. The van der Waals surface area contributed by atoms with E-state index in [1.54, 1.807) is 18.2 Å². The van der Waals surface area contributed by atoms with E-state index in [-0.39, 0.29) is 0 Å². The van der Waals surface area contributed by atoms with E-state index in [2.05, 4.69) is 21.0 Å². The van der Waals surface area contributed by atoms with Crippen molar-refractivity contribution in [1.82, 2.24) is 19.5 Å². The van der Waals surface area contributed by atoms with Crippen LogP contribution in [0, 0.1) is 11.3 Å². The lowest BCUT2D eigenvalue weighted by Crippen LogP contribution is -2.44. The summed E-state index contributed by atoms with van der Waals surface area (Å²) in [4.78, 5) is 12.9. The highest BCUT2D eigenvalue weighted by atomic mass is 16.6. The third kappa shape index (κ3) is 2.67. The average molecular weight is 367 g/mol. The van der Waals surface area contributed by atoms with E-state index in [0.717, 1.165) is 0 Å². The largest absolute Gasteiger partial charge is 0.394 e. The number of imidazole rings is 1. The van der Waals surface area contributed by atoms with Gasteiger partial charge in [0.25, 0.3) is 0 Å². The van der Waals surface area contributed by atoms with Crippen LogP contribution in [0.4, 0.5) is 0 Å². The van der Waals surface area contributed by atoms with E-state index in [1.807, 2.05) is 6.07 Å². The van der Waals surface area contributed by atoms with Gasteiger partial charge in [-0.25, -0.2) is 15.0 Å². The maximum absolute atomic E-state index is 10.7. The lowest BCUT2D eigenvalue weighted by molar-refractivity contribution is -0.0950. The Morgan fingerprint density at radius 2 is 2.15 bits per heavy atom. The highest BCUT2D eigenvalue weighted by Crippen LogP contribution is 2.39. The number of hydrogen-bond acceptors (Lipinski definition) is 8. The minimum Gasteiger partial charge on any atom is -0.394 e. The second-order valence-corrected chi connectivity index (χ2v) is 6.62. The molecule has 27 heavy (non-hydrogen) atoms. The van der Waals surface area contributed by atoms with Crippen LogP contribution in [-0.4, -0.2) is 59.3 Å². The summed E-state index contributed by atoms with van der Waals surface area (Å²) in [6, 6.07) is 9.06. The highest BCUT2D eigenvalue weighted by Gasteiger charge is 2.53. The molecule has 4 rings (SSSR count). The molecule has 1 aromatic carbocycles. The lowest BCUT2D eigenvalue weighted by atomic mass is 9.96. The predicted octanol–water partition coefficient (Wildman–Crippen LogP) is 0.367. The van der Waals surface area contributed by atoms with E-state index >= 15 is 0 Å². The Hall–Kier alpha value is -2.90. The first kappa shape index (κ1) is 17.5. The third-order valence-corrected chi connectivity index (χ3v) is 4.81. The van der Waals surface area contributed by atoms with Gasteiger partial charge >= 0.3 is 0 Å². The van der Waals surface area contributed by atoms with Crippen LogP contribution in [0.2, 0.25) is 0 Å². The minimum absolute atomic E-state index is 0.401. The van der Waals surface area contributed by atoms with Gasteiger partial charge in [-0.15, -0.1) is 0 Å². The summed E-state index contributed by atoms with van der Waals surface area (Å²) in [5.74, 6) is 0. The number of aliphatic hydroxyl groups is 3. The van der Waals surface area contributed by atoms with Crippen molar-refractivity contribution in [3.05, 3.63) is 42.5 Å². The molecular formula is C18H17N5O4. The van der Waals surface area contributed by atoms with Crippen LogP contribution in [0.25, 0.3) is 22.4 Å². The fourth-order valence-electron chi connectivity index (χ4n) is 3.36. The molecule has 2 aromatic heterocycles. The lowest BCUT2D eigenvalue weighted by Gasteiger charge is -2.27. The van der Waals surface area contributed by atoms with Crippen LogP contribution in [-0.2, 0) is 4.74 Å². The number of fused-ring (bicyclic) bond motifs is 1. The number of aromatic nitrogens is 4. The number of nitriles is 1. The molecule has 1 aliphatic heterocycles. The summed E-state index contributed by atoms with van der Waals surface area (Å²) >= 11 is 0. The van der Waals surface area contributed by atoms with Crippen LogP contribution < -0.4 is 0 Å². The third-order valence-electron chi connectivity index (χ3n) is 4.81. The van der Waals surface area contributed by atoms with E-state index in [9.17, 15) is 15.3 Å². The van der Waals surface area contributed by atoms with Gasteiger partial charge in [-0.2, -0.15) is 5.26 Å². The van der Waals surface area contributed by atoms with Gasteiger partial charge in [0.15, 0.2) is 11.9 Å². The Labute approximate surface area is 154 Å². The zero-order chi connectivity index (χ0) is 19.2. The first-order valence-corrected chi connectivity index (χ1v) is 8.32. The molecule has 1 aliphatic rings. The van der Waals surface area contributed by atoms with Gasteiger partial charge < -0.3 is 20.1 Å². The Morgan fingerprint density at radius 1 is 1.33 bits per heavy atom. The molecule has 138 valence electrons. The molecule has 1 fully saturated rings. The molecule has 4 atom stereocenters. The van der Waals surface area contributed by atoms with Gasteiger partial charge in [0, 0.05) is 5.56 Å². The van der Waals surface area contributed by atoms with Crippen LogP contribution in [0.3, 0.4) is 0 Å². The molecule has 3 N–H and O–H groups in total. The molecule has 0 spiro atoms. The molecule has 0 bridgehead atoms. The maximum atomic E-state index is 10.7. The SMILES string of the molecule is C[C@@]1(O)C(O)C(CO)OC1n1cnc2c(-c3cccc(C#N)c3)ncnc21. The van der Waals surface area contributed by atoms with E-state index in [4.69, 9.17) is 10.00 Å². The molecule has 3 heterocycles. The molecule has 0 aliphatic carbocycles. The molecule has 0 saturated carbocycles. The first-order chi connectivity index (χ1) is 13.0. The van der Waals surface area contributed by atoms with Gasteiger partial charge in [-0.3, -0.25) is 4.57 Å². The predicted molar refractivity (Wildman–Crippen MR) is 93.1 cm³/mol. The van der Waals surface area contributed by atoms with E-state index in [0.29, 0.717) is 28.0 Å². The summed E-state index contributed by atoms with van der Waals surface area (Å²) in [5.41, 5.74) is 0.959. The fourth-order valence-corrected chi connectivity index (χ4v) is 3.36. The second kappa shape index (κ2) is 6.37. The molecule has 9 nitrogen and oxygen atoms in total. The van der Waals surface area contributed by atoms with Crippen molar-refractivity contribution >= 4 is 11.2 Å². The summed E-state index contributed by atoms with van der Waals surface area (Å²) < 4.78 is 7.15. The van der Waals surface area contributed by atoms with E-state index in [1.165, 1.54) is 24.1 Å². The zero-order valence-corrected chi connectivity index (χ0v) is 14.4. The molecular weight excluding hydrogens is 350 g/mol. The molecule has 1 saturated heterocycles. The Bertz CT molecular complexity index is 1040. The Morgan fingerprint density at radius 3 is 2.85 bits per heavy atom. The number of nitrogens with zero attached hydrogens (tertiary/aromatic N) is 5. The van der Waals surface area contributed by atoms with Gasteiger partial charge in [-0.1, -0.05) is 12.1 Å². The first-order valence-electron chi connectivity index (χ1n) is 8.32. The van der Waals surface area contributed by atoms with E-state index < -0.39 is 30.6 Å². The highest BCUT2D eigenvalue weighted by molar-refractivity contribution is 5.87.